The van der Waals surface area contributed by atoms with E-state index in [0.717, 1.165) is 15.6 Å². The highest BCUT2D eigenvalue weighted by molar-refractivity contribution is 9.10. The number of H-pyrrole nitrogens is 1. The van der Waals surface area contributed by atoms with Gasteiger partial charge in [0, 0.05) is 15.6 Å². The van der Waals surface area contributed by atoms with E-state index in [-0.39, 0.29) is 12.4 Å². The molecule has 0 amide bonds. The zero-order valence-electron chi connectivity index (χ0n) is 17.8. The molecule has 1 heterocycles. The average molecular weight is 529 g/mol. The summed E-state index contributed by atoms with van der Waals surface area (Å²) in [6.45, 7) is 2.91. The maximum absolute atomic E-state index is 14.0. The molecule has 0 spiro atoms. The van der Waals surface area contributed by atoms with Crippen LogP contribution in [0, 0.1) is 10.6 Å². The van der Waals surface area contributed by atoms with Crippen LogP contribution in [-0.2, 0) is 13.2 Å². The van der Waals surface area contributed by atoms with E-state index in [4.69, 9.17) is 21.7 Å². The summed E-state index contributed by atoms with van der Waals surface area (Å²) < 4.78 is 28.7. The molecule has 4 rings (SSSR count). The van der Waals surface area contributed by atoms with Crippen molar-refractivity contribution >= 4 is 28.1 Å². The molecule has 9 heteroatoms. The zero-order valence-corrected chi connectivity index (χ0v) is 20.2. The van der Waals surface area contributed by atoms with E-state index >= 15 is 0 Å². The van der Waals surface area contributed by atoms with Gasteiger partial charge in [-0.2, -0.15) is 5.10 Å². The molecule has 4 aromatic rings. The second-order valence-corrected chi connectivity index (χ2v) is 8.33. The number of hydrogen-bond acceptors (Lipinski definition) is 5. The van der Waals surface area contributed by atoms with Gasteiger partial charge >= 0.3 is 0 Å². The Morgan fingerprint density at radius 1 is 1.03 bits per heavy atom. The van der Waals surface area contributed by atoms with Crippen LogP contribution in [-0.4, -0.2) is 21.5 Å². The molecule has 2 N–H and O–H groups in total. The molecule has 0 saturated carbocycles. The standard InChI is InChI=1S/C24H22BrFN4O2S/c1-2-31-21-12-18(19(25)13-22(21)32-15-17-10-6-7-11-20(17)26)14-27-30-23(28-29-24(30)33)16-8-4-3-5-9-16/h3-13,27H,2,14-15H2,1H3,(H,29,33). The second kappa shape index (κ2) is 10.6. The summed E-state index contributed by atoms with van der Waals surface area (Å²) in [4.78, 5) is 0. The highest BCUT2D eigenvalue weighted by atomic mass is 79.9. The minimum Gasteiger partial charge on any atom is -0.490 e. The van der Waals surface area contributed by atoms with Crippen molar-refractivity contribution in [3.05, 3.63) is 92.9 Å². The van der Waals surface area contributed by atoms with Gasteiger partial charge in [-0.3, -0.25) is 0 Å². The smallest absolute Gasteiger partial charge is 0.214 e. The molecule has 6 nitrogen and oxygen atoms in total. The Labute approximate surface area is 204 Å². The van der Waals surface area contributed by atoms with E-state index in [1.54, 1.807) is 22.9 Å². The number of hydrogen-bond donors (Lipinski definition) is 2. The predicted molar refractivity (Wildman–Crippen MR) is 132 cm³/mol. The number of aromatic amines is 1. The molecule has 0 atom stereocenters. The molecule has 170 valence electrons. The third kappa shape index (κ3) is 5.43. The Hall–Kier alpha value is -3.17. The van der Waals surface area contributed by atoms with E-state index in [1.165, 1.54) is 6.07 Å². The number of aromatic nitrogens is 3. The summed E-state index contributed by atoms with van der Waals surface area (Å²) in [5.74, 6) is 1.49. The first-order valence-electron chi connectivity index (χ1n) is 10.3. The molecule has 0 radical (unpaired) electrons. The second-order valence-electron chi connectivity index (χ2n) is 7.09. The van der Waals surface area contributed by atoms with Crippen molar-refractivity contribution in [2.45, 2.75) is 20.1 Å². The molecule has 33 heavy (non-hydrogen) atoms. The van der Waals surface area contributed by atoms with E-state index in [2.05, 4.69) is 31.6 Å². The third-order valence-corrected chi connectivity index (χ3v) is 5.90. The molecule has 0 bridgehead atoms. The van der Waals surface area contributed by atoms with E-state index < -0.39 is 0 Å². The van der Waals surface area contributed by atoms with E-state index in [1.807, 2.05) is 49.4 Å². The lowest BCUT2D eigenvalue weighted by molar-refractivity contribution is 0.265. The molecule has 0 aliphatic rings. The van der Waals surface area contributed by atoms with Crippen molar-refractivity contribution < 1.29 is 13.9 Å². The van der Waals surface area contributed by atoms with Crippen LogP contribution < -0.4 is 14.9 Å². The van der Waals surface area contributed by atoms with Gasteiger partial charge in [0.05, 0.1) is 13.2 Å². The van der Waals surface area contributed by atoms with Gasteiger partial charge in [-0.15, -0.1) is 0 Å². The normalized spacial score (nSPS) is 10.8. The Morgan fingerprint density at radius 3 is 2.52 bits per heavy atom. The van der Waals surface area contributed by atoms with E-state index in [0.29, 0.717) is 40.8 Å². The topological polar surface area (TPSA) is 64.1 Å². The first-order valence-corrected chi connectivity index (χ1v) is 11.5. The third-order valence-electron chi connectivity index (χ3n) is 4.89. The minimum atomic E-state index is -0.304. The van der Waals surface area contributed by atoms with Gasteiger partial charge in [0.25, 0.3) is 0 Å². The van der Waals surface area contributed by atoms with Crippen LogP contribution in [0.1, 0.15) is 18.1 Å². The van der Waals surface area contributed by atoms with Crippen molar-refractivity contribution in [3.8, 4) is 22.9 Å². The Kier molecular flexibility index (Phi) is 7.41. The molecule has 0 aliphatic heterocycles. The number of benzene rings is 3. The Bertz CT molecular complexity index is 1290. The molecule has 3 aromatic carbocycles. The first kappa shape index (κ1) is 23.0. The molecular weight excluding hydrogens is 507 g/mol. The fourth-order valence-electron chi connectivity index (χ4n) is 3.25. The van der Waals surface area contributed by atoms with Crippen LogP contribution >= 0.6 is 28.1 Å². The number of nitrogens with zero attached hydrogens (tertiary/aromatic N) is 2. The number of rotatable bonds is 9. The van der Waals surface area contributed by atoms with Crippen LogP contribution in [0.4, 0.5) is 4.39 Å². The van der Waals surface area contributed by atoms with Crippen molar-refractivity contribution in [2.75, 3.05) is 12.0 Å². The lowest BCUT2D eigenvalue weighted by atomic mass is 10.2. The van der Waals surface area contributed by atoms with Crippen LogP contribution in [0.25, 0.3) is 11.4 Å². The van der Waals surface area contributed by atoms with Crippen LogP contribution in [0.5, 0.6) is 11.5 Å². The summed E-state index contributed by atoms with van der Waals surface area (Å²) >= 11 is 9.01. The fraction of sp³-hybridized carbons (Fsp3) is 0.167. The van der Waals surface area contributed by atoms with Gasteiger partial charge in [-0.25, -0.2) is 14.2 Å². The summed E-state index contributed by atoms with van der Waals surface area (Å²) in [6.07, 6.45) is 0. The molecule has 0 saturated heterocycles. The van der Waals surface area contributed by atoms with Crippen molar-refractivity contribution in [1.82, 2.24) is 14.9 Å². The Morgan fingerprint density at radius 2 is 1.76 bits per heavy atom. The van der Waals surface area contributed by atoms with Gasteiger partial charge < -0.3 is 14.9 Å². The predicted octanol–water partition coefficient (Wildman–Crippen LogP) is 6.23. The monoisotopic (exact) mass is 528 g/mol. The highest BCUT2D eigenvalue weighted by Gasteiger charge is 2.14. The lowest BCUT2D eigenvalue weighted by Crippen LogP contribution is -2.16. The number of ether oxygens (including phenoxy) is 2. The summed E-state index contributed by atoms with van der Waals surface area (Å²) in [5.41, 5.74) is 5.65. The molecule has 1 aromatic heterocycles. The fourth-order valence-corrected chi connectivity index (χ4v) is 3.91. The van der Waals surface area contributed by atoms with Crippen molar-refractivity contribution in [2.24, 2.45) is 0 Å². The number of nitrogens with one attached hydrogen (secondary N) is 2. The van der Waals surface area contributed by atoms with Gasteiger partial charge in [-0.05, 0) is 42.9 Å². The Balaban J connectivity index is 1.55. The van der Waals surface area contributed by atoms with Crippen LogP contribution in [0.3, 0.4) is 0 Å². The van der Waals surface area contributed by atoms with Crippen LogP contribution in [0.2, 0.25) is 0 Å². The summed E-state index contributed by atoms with van der Waals surface area (Å²) in [6, 6.07) is 20.0. The average Bonchev–Trinajstić information content (AvgIpc) is 3.20. The quantitative estimate of drug-likeness (QED) is 0.252. The molecular formula is C24H22BrFN4O2S. The van der Waals surface area contributed by atoms with Crippen molar-refractivity contribution in [3.63, 3.8) is 0 Å². The van der Waals surface area contributed by atoms with Gasteiger partial charge in [0.15, 0.2) is 17.3 Å². The molecule has 0 unspecified atom stereocenters. The van der Waals surface area contributed by atoms with E-state index in [9.17, 15) is 4.39 Å². The van der Waals surface area contributed by atoms with Crippen molar-refractivity contribution in [1.29, 1.82) is 0 Å². The lowest BCUT2D eigenvalue weighted by Gasteiger charge is -2.16. The largest absolute Gasteiger partial charge is 0.490 e. The SMILES string of the molecule is CCOc1cc(CNn2c(-c3ccccc3)n[nH]c2=S)c(Br)cc1OCc1ccccc1F. The minimum absolute atomic E-state index is 0.0986. The maximum Gasteiger partial charge on any atom is 0.214 e. The molecule has 0 fully saturated rings. The summed E-state index contributed by atoms with van der Waals surface area (Å²) in [5, 5.41) is 7.17. The van der Waals surface area contributed by atoms with Gasteiger partial charge in [0.2, 0.25) is 4.77 Å². The highest BCUT2D eigenvalue weighted by Crippen LogP contribution is 2.35. The van der Waals surface area contributed by atoms with Gasteiger partial charge in [0.1, 0.15) is 12.4 Å². The maximum atomic E-state index is 14.0. The van der Waals surface area contributed by atoms with Crippen LogP contribution in [0.15, 0.2) is 71.2 Å². The molecule has 0 aliphatic carbocycles. The first-order chi connectivity index (χ1) is 16.1. The summed E-state index contributed by atoms with van der Waals surface area (Å²) in [7, 11) is 0. The number of halogens is 2. The van der Waals surface area contributed by atoms with Gasteiger partial charge in [-0.1, -0.05) is 64.5 Å². The zero-order chi connectivity index (χ0) is 23.2.